The zero-order valence-corrected chi connectivity index (χ0v) is 13.7. The summed E-state index contributed by atoms with van der Waals surface area (Å²) in [7, 11) is 0. The Morgan fingerprint density at radius 2 is 1.53 bits per heavy atom. The molecule has 0 spiro atoms. The average molecular weight is 382 g/mol. The quantitative estimate of drug-likeness (QED) is 0.666. The first-order valence-corrected chi connectivity index (χ1v) is 5.47. The number of Topliss-reactive ketones (excluding diaryl/α,β-unsaturated/α-hetero) is 1. The van der Waals surface area contributed by atoms with Crippen molar-refractivity contribution in [3.63, 3.8) is 0 Å². The molecule has 90 valence electrons. The van der Waals surface area contributed by atoms with Crippen LogP contribution in [0.5, 0.6) is 0 Å². The van der Waals surface area contributed by atoms with E-state index in [1.54, 1.807) is 0 Å². The van der Waals surface area contributed by atoms with Gasteiger partial charge in [-0.1, -0.05) is 34.1 Å². The van der Waals surface area contributed by atoms with Gasteiger partial charge >= 0.3 is 21.1 Å². The molecule has 0 unspecified atom stereocenters. The fraction of sp³-hybridized carbons (Fsp3) is 0.769. The molecule has 15 heavy (non-hydrogen) atoms. The van der Waals surface area contributed by atoms with E-state index in [0.29, 0.717) is 18.6 Å². The summed E-state index contributed by atoms with van der Waals surface area (Å²) in [5.74, 6) is 0.336. The van der Waals surface area contributed by atoms with Gasteiger partial charge in [0, 0.05) is 6.42 Å². The van der Waals surface area contributed by atoms with Crippen LogP contribution in [0.3, 0.4) is 0 Å². The van der Waals surface area contributed by atoms with Crippen molar-refractivity contribution < 1.29 is 25.9 Å². The summed E-state index contributed by atoms with van der Waals surface area (Å²) in [6.45, 7) is 15.6. The maximum absolute atomic E-state index is 11.0. The number of ketones is 1. The molecule has 0 radical (unpaired) electrons. The van der Waals surface area contributed by atoms with Gasteiger partial charge in [-0.15, -0.1) is 0 Å². The van der Waals surface area contributed by atoms with Crippen LogP contribution in [-0.4, -0.2) is 5.78 Å². The van der Waals surface area contributed by atoms with Crippen LogP contribution in [0.4, 0.5) is 0 Å². The van der Waals surface area contributed by atoms with E-state index >= 15 is 0 Å². The van der Waals surface area contributed by atoms with Crippen LogP contribution >= 0.6 is 0 Å². The molecule has 0 saturated heterocycles. The van der Waals surface area contributed by atoms with Crippen LogP contribution in [-0.2, 0) is 25.9 Å². The maximum Gasteiger partial charge on any atom is 2.00 e. The molecule has 0 aromatic carbocycles. The Morgan fingerprint density at radius 1 is 1.13 bits per heavy atom. The smallest absolute Gasteiger partial charge is 0.343 e. The van der Waals surface area contributed by atoms with Gasteiger partial charge in [-0.2, -0.15) is 12.8 Å². The molecule has 0 N–H and O–H groups in total. The number of carbonyl (C=O) groups excluding carboxylic acids is 1. The number of carbonyl (C=O) groups is 1. The van der Waals surface area contributed by atoms with Crippen LogP contribution in [0.2, 0.25) is 0 Å². The molecule has 0 fully saturated rings. The molecule has 0 aliphatic heterocycles. The Labute approximate surface area is 111 Å². The standard InChI is InChI=1S/C9H17O.C4H9.W/c1-5-6-8(10)7-9(2,3)4;1-3-4-2;/h1,5-7H2,2-4H3;1,3-4H2,2H3;/q2*-1;+2. The monoisotopic (exact) mass is 382 g/mol. The summed E-state index contributed by atoms with van der Waals surface area (Å²) < 4.78 is 0. The Bertz CT molecular complexity index is 134. The van der Waals surface area contributed by atoms with E-state index in [0.717, 1.165) is 12.8 Å². The van der Waals surface area contributed by atoms with Crippen LogP contribution in [0.25, 0.3) is 0 Å². The first kappa shape index (κ1) is 20.7. The molecule has 2 heteroatoms. The minimum atomic E-state index is 0. The number of hydrogen-bond donors (Lipinski definition) is 0. The van der Waals surface area contributed by atoms with Crippen molar-refractivity contribution in [1.82, 2.24) is 0 Å². The first-order chi connectivity index (χ1) is 6.37. The SMILES string of the molecule is [CH2-]CCC.[CH2-]CCC(=O)CC(C)(C)C.[W+2]. The van der Waals surface area contributed by atoms with Crippen molar-refractivity contribution in [3.8, 4) is 0 Å². The fourth-order valence-corrected chi connectivity index (χ4v) is 0.877. The molecular weight excluding hydrogens is 356 g/mol. The molecule has 1 nitrogen and oxygen atoms in total. The summed E-state index contributed by atoms with van der Waals surface area (Å²) >= 11 is 0. The van der Waals surface area contributed by atoms with Crippen LogP contribution in [0.1, 0.15) is 59.8 Å². The van der Waals surface area contributed by atoms with E-state index in [1.165, 1.54) is 6.42 Å². The number of hydrogen-bond acceptors (Lipinski definition) is 1. The van der Waals surface area contributed by atoms with Gasteiger partial charge in [0.15, 0.2) is 0 Å². The second-order valence-corrected chi connectivity index (χ2v) is 4.73. The van der Waals surface area contributed by atoms with Crippen molar-refractivity contribution in [2.24, 2.45) is 5.41 Å². The predicted molar refractivity (Wildman–Crippen MR) is 63.9 cm³/mol. The van der Waals surface area contributed by atoms with E-state index < -0.39 is 0 Å². The third-order valence-electron chi connectivity index (χ3n) is 1.54. The number of rotatable bonds is 4. The molecule has 0 heterocycles. The maximum atomic E-state index is 11.0. The summed E-state index contributed by atoms with van der Waals surface area (Å²) in [6.07, 6.45) is 4.33. The zero-order valence-electron chi connectivity index (χ0n) is 10.8. The third kappa shape index (κ3) is 25.0. The molecule has 0 bridgehead atoms. The van der Waals surface area contributed by atoms with E-state index in [9.17, 15) is 4.79 Å². The molecule has 0 aromatic heterocycles. The van der Waals surface area contributed by atoms with Crippen LogP contribution in [0, 0.1) is 19.3 Å². The molecule has 0 amide bonds. The number of unbranched alkanes of at least 4 members (excludes halogenated alkanes) is 1. The van der Waals surface area contributed by atoms with Crippen molar-refractivity contribution in [3.05, 3.63) is 13.8 Å². The summed E-state index contributed by atoms with van der Waals surface area (Å²) in [6, 6.07) is 0. The van der Waals surface area contributed by atoms with E-state index in [2.05, 4.69) is 41.5 Å². The Morgan fingerprint density at radius 3 is 1.73 bits per heavy atom. The topological polar surface area (TPSA) is 17.1 Å². The van der Waals surface area contributed by atoms with Gasteiger partial charge in [0.25, 0.3) is 0 Å². The Kier molecular flexibility index (Phi) is 17.2. The normalized spacial score (nSPS) is 9.73. The average Bonchev–Trinajstić information content (AvgIpc) is 2.02. The molecule has 0 atom stereocenters. The van der Waals surface area contributed by atoms with Gasteiger partial charge in [-0.05, 0) is 11.8 Å². The van der Waals surface area contributed by atoms with Gasteiger partial charge in [0.1, 0.15) is 5.78 Å². The van der Waals surface area contributed by atoms with E-state index in [1.807, 2.05) is 0 Å². The summed E-state index contributed by atoms with van der Waals surface area (Å²) in [5.41, 5.74) is 0.145. The molecule has 0 rings (SSSR count). The molecule has 0 aliphatic carbocycles. The molecule has 0 aliphatic rings. The molecule has 0 aromatic rings. The van der Waals surface area contributed by atoms with Gasteiger partial charge in [0.05, 0.1) is 0 Å². The van der Waals surface area contributed by atoms with Crippen molar-refractivity contribution in [2.75, 3.05) is 0 Å². The minimum Gasteiger partial charge on any atom is -0.343 e. The fourth-order valence-electron chi connectivity index (χ4n) is 0.877. The van der Waals surface area contributed by atoms with Gasteiger partial charge in [-0.3, -0.25) is 4.79 Å². The Balaban J connectivity index is -0.000000249. The van der Waals surface area contributed by atoms with E-state index in [4.69, 9.17) is 0 Å². The third-order valence-corrected chi connectivity index (χ3v) is 1.54. The van der Waals surface area contributed by atoms with Gasteiger partial charge in [0.2, 0.25) is 0 Å². The zero-order chi connectivity index (χ0) is 11.6. The molecular formula is C13H26OW. The first-order valence-electron chi connectivity index (χ1n) is 5.47. The summed E-state index contributed by atoms with van der Waals surface area (Å²) in [4.78, 5) is 11.0. The van der Waals surface area contributed by atoms with Crippen molar-refractivity contribution >= 4 is 5.78 Å². The van der Waals surface area contributed by atoms with Crippen molar-refractivity contribution in [1.29, 1.82) is 0 Å². The minimum absolute atomic E-state index is 0. The van der Waals surface area contributed by atoms with Crippen molar-refractivity contribution in [2.45, 2.75) is 59.8 Å². The second kappa shape index (κ2) is 12.4. The largest absolute Gasteiger partial charge is 2.00 e. The van der Waals surface area contributed by atoms with Crippen LogP contribution in [0.15, 0.2) is 0 Å². The Hall–Kier alpha value is 0.358. The van der Waals surface area contributed by atoms with E-state index in [-0.39, 0.29) is 26.5 Å². The van der Waals surface area contributed by atoms with Gasteiger partial charge in [-0.25, -0.2) is 0 Å². The molecule has 0 saturated carbocycles. The van der Waals surface area contributed by atoms with Gasteiger partial charge < -0.3 is 13.8 Å². The second-order valence-electron chi connectivity index (χ2n) is 4.73. The summed E-state index contributed by atoms with van der Waals surface area (Å²) in [5, 5.41) is 0. The van der Waals surface area contributed by atoms with Crippen LogP contribution < -0.4 is 0 Å². The predicted octanol–water partition coefficient (Wildman–Crippen LogP) is 4.22.